The Kier molecular flexibility index (Phi) is 5.82. The summed E-state index contributed by atoms with van der Waals surface area (Å²) in [6, 6.07) is 0. The van der Waals surface area contributed by atoms with E-state index in [-0.39, 0.29) is 0 Å². The topological polar surface area (TPSA) is 32.3 Å². The van der Waals surface area contributed by atoms with Crippen molar-refractivity contribution >= 4 is 0 Å². The number of aliphatic hydroxyl groups is 1. The fourth-order valence-corrected chi connectivity index (χ4v) is 1.32. The van der Waals surface area contributed by atoms with Crippen LogP contribution in [0.2, 0.25) is 0 Å². The fraction of sp³-hybridized carbons (Fsp3) is 1.00. The van der Waals surface area contributed by atoms with E-state index >= 15 is 0 Å². The average molecular weight is 215 g/mol. The van der Waals surface area contributed by atoms with E-state index in [1.54, 1.807) is 0 Å². The summed E-state index contributed by atoms with van der Waals surface area (Å²) >= 11 is 0. The van der Waals surface area contributed by atoms with Crippen LogP contribution in [0.4, 0.5) is 0 Å². The Bertz CT molecular complexity index is 167. The van der Waals surface area contributed by atoms with E-state index in [1.165, 1.54) is 0 Å². The van der Waals surface area contributed by atoms with Crippen LogP contribution in [0, 0.1) is 11.3 Å². The summed E-state index contributed by atoms with van der Waals surface area (Å²) in [6.07, 6.45) is 1.64. The Hall–Kier alpha value is -0.0800. The lowest BCUT2D eigenvalue weighted by Gasteiger charge is -2.32. The third kappa shape index (κ3) is 4.98. The van der Waals surface area contributed by atoms with Crippen molar-refractivity contribution in [2.45, 2.75) is 60.0 Å². The Labute approximate surface area is 95.5 Å². The summed E-state index contributed by atoms with van der Waals surface area (Å²) in [6.45, 7) is 14.8. The second kappa shape index (κ2) is 5.86. The second-order valence-electron chi connectivity index (χ2n) is 5.68. The van der Waals surface area contributed by atoms with Crippen molar-refractivity contribution in [3.63, 3.8) is 0 Å². The van der Waals surface area contributed by atoms with Gasteiger partial charge < -0.3 is 10.4 Å². The molecule has 0 bridgehead atoms. The van der Waals surface area contributed by atoms with Gasteiger partial charge in [-0.2, -0.15) is 0 Å². The lowest BCUT2D eigenvalue weighted by molar-refractivity contribution is 0.0293. The lowest BCUT2D eigenvalue weighted by Crippen LogP contribution is -2.43. The molecule has 0 aliphatic heterocycles. The van der Waals surface area contributed by atoms with E-state index < -0.39 is 5.60 Å². The van der Waals surface area contributed by atoms with Gasteiger partial charge in [0.2, 0.25) is 0 Å². The van der Waals surface area contributed by atoms with Gasteiger partial charge >= 0.3 is 0 Å². The minimum Gasteiger partial charge on any atom is -0.389 e. The Balaban J connectivity index is 3.98. The van der Waals surface area contributed by atoms with Crippen molar-refractivity contribution in [3.8, 4) is 0 Å². The molecular weight excluding hydrogens is 186 g/mol. The van der Waals surface area contributed by atoms with Gasteiger partial charge in [0, 0.05) is 13.1 Å². The smallest absolute Gasteiger partial charge is 0.0766 e. The van der Waals surface area contributed by atoms with Gasteiger partial charge in [-0.05, 0) is 24.2 Å². The molecule has 0 amide bonds. The number of nitrogens with one attached hydrogen (secondary N) is 1. The minimum absolute atomic E-state index is 0.294. The van der Waals surface area contributed by atoms with E-state index in [0.29, 0.717) is 17.9 Å². The first kappa shape index (κ1) is 14.9. The molecule has 92 valence electrons. The zero-order valence-corrected chi connectivity index (χ0v) is 11.4. The molecule has 15 heavy (non-hydrogen) atoms. The first-order valence-electron chi connectivity index (χ1n) is 6.20. The molecule has 0 aliphatic rings. The molecule has 0 heterocycles. The highest BCUT2D eigenvalue weighted by molar-refractivity contribution is 4.81. The number of rotatable bonds is 7. The molecule has 0 aliphatic carbocycles. The van der Waals surface area contributed by atoms with Crippen LogP contribution in [0.1, 0.15) is 54.4 Å². The Morgan fingerprint density at radius 3 is 1.87 bits per heavy atom. The van der Waals surface area contributed by atoms with Crippen molar-refractivity contribution in [2.75, 3.05) is 13.1 Å². The largest absolute Gasteiger partial charge is 0.389 e. The van der Waals surface area contributed by atoms with Gasteiger partial charge in [0.15, 0.2) is 0 Å². The highest BCUT2D eigenvalue weighted by Crippen LogP contribution is 2.25. The highest BCUT2D eigenvalue weighted by atomic mass is 16.3. The normalized spacial score (nSPS) is 13.6. The quantitative estimate of drug-likeness (QED) is 0.684. The van der Waals surface area contributed by atoms with Gasteiger partial charge in [0.1, 0.15) is 0 Å². The molecule has 0 radical (unpaired) electrons. The summed E-state index contributed by atoms with van der Waals surface area (Å²) in [5, 5.41) is 13.5. The van der Waals surface area contributed by atoms with Crippen LogP contribution in [0.5, 0.6) is 0 Å². The summed E-state index contributed by atoms with van der Waals surface area (Å²) < 4.78 is 0. The predicted molar refractivity (Wildman–Crippen MR) is 67.0 cm³/mol. The van der Waals surface area contributed by atoms with E-state index in [1.807, 2.05) is 13.8 Å². The standard InChI is InChI=1S/C13H29NO/c1-7-13(15,8-2)10-14-9-12(5,6)11(3)4/h11,14-15H,7-10H2,1-6H3. The van der Waals surface area contributed by atoms with Gasteiger partial charge in [-0.1, -0.05) is 41.5 Å². The van der Waals surface area contributed by atoms with Crippen LogP contribution in [0.25, 0.3) is 0 Å². The summed E-state index contributed by atoms with van der Waals surface area (Å²) in [4.78, 5) is 0. The van der Waals surface area contributed by atoms with Crippen LogP contribution < -0.4 is 5.32 Å². The van der Waals surface area contributed by atoms with Gasteiger partial charge in [-0.15, -0.1) is 0 Å². The van der Waals surface area contributed by atoms with Crippen molar-refractivity contribution < 1.29 is 5.11 Å². The van der Waals surface area contributed by atoms with Crippen LogP contribution in [0.15, 0.2) is 0 Å². The summed E-state index contributed by atoms with van der Waals surface area (Å²) in [5.41, 5.74) is -0.227. The van der Waals surface area contributed by atoms with Crippen molar-refractivity contribution in [2.24, 2.45) is 11.3 Å². The molecule has 0 fully saturated rings. The number of hydrogen-bond donors (Lipinski definition) is 2. The highest BCUT2D eigenvalue weighted by Gasteiger charge is 2.25. The average Bonchev–Trinajstić information content (AvgIpc) is 2.17. The molecule has 0 aromatic carbocycles. The molecule has 0 aromatic heterocycles. The zero-order valence-electron chi connectivity index (χ0n) is 11.4. The first-order chi connectivity index (χ1) is 6.77. The van der Waals surface area contributed by atoms with Crippen molar-refractivity contribution in [1.82, 2.24) is 5.32 Å². The minimum atomic E-state index is -0.521. The second-order valence-corrected chi connectivity index (χ2v) is 5.68. The molecule has 0 aromatic rings. The SMILES string of the molecule is CCC(O)(CC)CNCC(C)(C)C(C)C. The molecule has 0 rings (SSSR count). The van der Waals surface area contributed by atoms with E-state index in [9.17, 15) is 5.11 Å². The van der Waals surface area contributed by atoms with Crippen LogP contribution in [-0.2, 0) is 0 Å². The molecule has 0 saturated heterocycles. The maximum Gasteiger partial charge on any atom is 0.0766 e. The van der Waals surface area contributed by atoms with Crippen molar-refractivity contribution in [1.29, 1.82) is 0 Å². The van der Waals surface area contributed by atoms with Crippen LogP contribution in [-0.4, -0.2) is 23.8 Å². The third-order valence-electron chi connectivity index (χ3n) is 3.91. The van der Waals surface area contributed by atoms with E-state index in [0.717, 1.165) is 19.4 Å². The number of hydrogen-bond acceptors (Lipinski definition) is 2. The van der Waals surface area contributed by atoms with Gasteiger partial charge in [-0.25, -0.2) is 0 Å². The molecule has 0 saturated carbocycles. The monoisotopic (exact) mass is 215 g/mol. The lowest BCUT2D eigenvalue weighted by atomic mass is 9.81. The zero-order chi connectivity index (χ0) is 12.1. The van der Waals surface area contributed by atoms with Crippen molar-refractivity contribution in [3.05, 3.63) is 0 Å². The molecule has 2 heteroatoms. The molecule has 0 atom stereocenters. The molecule has 2 N–H and O–H groups in total. The summed E-state index contributed by atoms with van der Waals surface area (Å²) in [5.74, 6) is 0.654. The molecule has 2 nitrogen and oxygen atoms in total. The third-order valence-corrected chi connectivity index (χ3v) is 3.91. The maximum atomic E-state index is 10.1. The maximum absolute atomic E-state index is 10.1. The summed E-state index contributed by atoms with van der Waals surface area (Å²) in [7, 11) is 0. The molecule has 0 spiro atoms. The molecule has 0 unspecified atom stereocenters. The van der Waals surface area contributed by atoms with Gasteiger partial charge in [0.05, 0.1) is 5.60 Å². The predicted octanol–water partition coefficient (Wildman–Crippen LogP) is 2.81. The Morgan fingerprint density at radius 2 is 1.53 bits per heavy atom. The van der Waals surface area contributed by atoms with E-state index in [4.69, 9.17) is 0 Å². The van der Waals surface area contributed by atoms with Crippen LogP contribution in [0.3, 0.4) is 0 Å². The fourth-order valence-electron chi connectivity index (χ4n) is 1.32. The van der Waals surface area contributed by atoms with Gasteiger partial charge in [-0.3, -0.25) is 0 Å². The molecular formula is C13H29NO. The Morgan fingerprint density at radius 1 is 1.07 bits per heavy atom. The first-order valence-corrected chi connectivity index (χ1v) is 6.20. The van der Waals surface area contributed by atoms with E-state index in [2.05, 4.69) is 33.0 Å². The van der Waals surface area contributed by atoms with Gasteiger partial charge in [0.25, 0.3) is 0 Å². The van der Waals surface area contributed by atoms with Crippen LogP contribution >= 0.6 is 0 Å².